The van der Waals surface area contributed by atoms with E-state index in [4.69, 9.17) is 4.74 Å². The van der Waals surface area contributed by atoms with Crippen molar-refractivity contribution in [2.24, 2.45) is 0 Å². The zero-order valence-corrected chi connectivity index (χ0v) is 16.8. The van der Waals surface area contributed by atoms with Crippen LogP contribution < -0.4 is 15.1 Å². The highest BCUT2D eigenvalue weighted by Gasteiger charge is 2.26. The molecule has 2 saturated heterocycles. The van der Waals surface area contributed by atoms with Crippen LogP contribution >= 0.6 is 0 Å². The Kier molecular flexibility index (Phi) is 6.21. The molecule has 1 aromatic carbocycles. The Hall–Kier alpha value is -2.71. The number of hydrogen-bond donors (Lipinski definition) is 1. The third kappa shape index (κ3) is 4.83. The first kappa shape index (κ1) is 19.6. The second-order valence-electron chi connectivity index (χ2n) is 7.38. The van der Waals surface area contributed by atoms with Gasteiger partial charge in [-0.15, -0.1) is 0 Å². The van der Waals surface area contributed by atoms with Crippen LogP contribution in [0.2, 0.25) is 0 Å². The van der Waals surface area contributed by atoms with Crippen LogP contribution in [0.5, 0.6) is 0 Å². The van der Waals surface area contributed by atoms with Crippen molar-refractivity contribution in [3.8, 4) is 0 Å². The summed E-state index contributed by atoms with van der Waals surface area (Å²) in [5, 5.41) is 3.05. The van der Waals surface area contributed by atoms with Gasteiger partial charge in [0.2, 0.25) is 11.9 Å². The van der Waals surface area contributed by atoms with Gasteiger partial charge in [-0.3, -0.25) is 9.69 Å². The monoisotopic (exact) mass is 396 g/mol. The summed E-state index contributed by atoms with van der Waals surface area (Å²) in [6, 6.07) is 9.70. The average Bonchev–Trinajstić information content (AvgIpc) is 2.80. The van der Waals surface area contributed by atoms with Crippen LogP contribution in [0, 0.1) is 0 Å². The predicted molar refractivity (Wildman–Crippen MR) is 113 cm³/mol. The number of carbonyl (C=O) groups excluding carboxylic acids is 1. The van der Waals surface area contributed by atoms with Gasteiger partial charge in [-0.2, -0.15) is 0 Å². The lowest BCUT2D eigenvalue weighted by Crippen LogP contribution is -2.53. The highest BCUT2D eigenvalue weighted by atomic mass is 16.5. The number of aromatic nitrogens is 2. The molecule has 2 fully saturated rings. The zero-order chi connectivity index (χ0) is 20.1. The minimum absolute atomic E-state index is 0.0218. The molecular weight excluding hydrogens is 368 g/mol. The molecule has 1 unspecified atom stereocenters. The number of piperazine rings is 1. The number of ether oxygens (including phenoxy) is 1. The number of nitrogens with one attached hydrogen (secondary N) is 1. The topological polar surface area (TPSA) is 73.8 Å². The fraction of sp³-hybridized carbons (Fsp3) is 0.476. The summed E-state index contributed by atoms with van der Waals surface area (Å²) in [5.41, 5.74) is 1.99. The van der Waals surface area contributed by atoms with E-state index in [0.29, 0.717) is 0 Å². The van der Waals surface area contributed by atoms with Crippen molar-refractivity contribution in [3.63, 3.8) is 0 Å². The molecule has 2 aliphatic heterocycles. The van der Waals surface area contributed by atoms with Crippen molar-refractivity contribution in [3.05, 3.63) is 42.7 Å². The molecule has 0 aliphatic carbocycles. The summed E-state index contributed by atoms with van der Waals surface area (Å²) < 4.78 is 5.40. The number of rotatable bonds is 5. The molecule has 1 atom stereocenters. The normalized spacial score (nSPS) is 19.1. The lowest BCUT2D eigenvalue weighted by Gasteiger charge is -2.37. The summed E-state index contributed by atoms with van der Waals surface area (Å²) in [6.07, 6.45) is 3.52. The van der Waals surface area contributed by atoms with Crippen molar-refractivity contribution in [2.75, 3.05) is 67.6 Å². The number of nitrogens with zero attached hydrogens (tertiary/aromatic N) is 5. The first-order chi connectivity index (χ1) is 14.2. The highest BCUT2D eigenvalue weighted by Crippen LogP contribution is 2.20. The molecular formula is C21H28N6O2. The van der Waals surface area contributed by atoms with Gasteiger partial charge in [0.1, 0.15) is 0 Å². The fourth-order valence-corrected chi connectivity index (χ4v) is 3.75. The van der Waals surface area contributed by atoms with Crippen LogP contribution in [0.3, 0.4) is 0 Å². The summed E-state index contributed by atoms with van der Waals surface area (Å²) in [4.78, 5) is 28.0. The summed E-state index contributed by atoms with van der Waals surface area (Å²) >= 11 is 0. The maximum atomic E-state index is 12.7. The molecule has 1 N–H and O–H groups in total. The largest absolute Gasteiger partial charge is 0.378 e. The molecule has 0 spiro atoms. The molecule has 8 heteroatoms. The second kappa shape index (κ2) is 9.19. The van der Waals surface area contributed by atoms with E-state index in [-0.39, 0.29) is 11.9 Å². The Morgan fingerprint density at radius 2 is 1.62 bits per heavy atom. The van der Waals surface area contributed by atoms with Gasteiger partial charge >= 0.3 is 0 Å². The number of amides is 1. The highest BCUT2D eigenvalue weighted by molar-refractivity contribution is 5.94. The Balaban J connectivity index is 1.28. The molecule has 4 rings (SSSR count). The molecule has 2 aromatic rings. The van der Waals surface area contributed by atoms with E-state index >= 15 is 0 Å². The lowest BCUT2D eigenvalue weighted by molar-refractivity contribution is -0.120. The zero-order valence-electron chi connectivity index (χ0n) is 16.8. The second-order valence-corrected chi connectivity index (χ2v) is 7.38. The molecule has 8 nitrogen and oxygen atoms in total. The number of hydrogen-bond acceptors (Lipinski definition) is 7. The fourth-order valence-electron chi connectivity index (χ4n) is 3.75. The van der Waals surface area contributed by atoms with E-state index in [9.17, 15) is 4.79 Å². The van der Waals surface area contributed by atoms with Gasteiger partial charge in [0.15, 0.2) is 0 Å². The molecule has 2 aliphatic rings. The molecule has 0 bridgehead atoms. The quantitative estimate of drug-likeness (QED) is 0.820. The third-order valence-corrected chi connectivity index (χ3v) is 5.59. The van der Waals surface area contributed by atoms with Gasteiger partial charge in [-0.05, 0) is 37.3 Å². The van der Waals surface area contributed by atoms with Crippen molar-refractivity contribution < 1.29 is 9.53 Å². The van der Waals surface area contributed by atoms with Gasteiger partial charge in [0, 0.05) is 63.0 Å². The van der Waals surface area contributed by atoms with Crippen LogP contribution in [-0.2, 0) is 9.53 Å². The Bertz CT molecular complexity index is 787. The minimum atomic E-state index is -0.187. The minimum Gasteiger partial charge on any atom is -0.378 e. The van der Waals surface area contributed by atoms with Crippen molar-refractivity contribution >= 4 is 23.2 Å². The van der Waals surface area contributed by atoms with Crippen LogP contribution in [0.1, 0.15) is 6.92 Å². The lowest BCUT2D eigenvalue weighted by atomic mass is 10.2. The molecule has 0 radical (unpaired) electrons. The van der Waals surface area contributed by atoms with Crippen LogP contribution in [0.25, 0.3) is 0 Å². The average molecular weight is 396 g/mol. The first-order valence-electron chi connectivity index (χ1n) is 10.2. The smallest absolute Gasteiger partial charge is 0.241 e. The van der Waals surface area contributed by atoms with Crippen molar-refractivity contribution in [2.45, 2.75) is 13.0 Å². The maximum absolute atomic E-state index is 12.7. The molecule has 3 heterocycles. The van der Waals surface area contributed by atoms with Crippen LogP contribution in [0.4, 0.5) is 17.3 Å². The third-order valence-electron chi connectivity index (χ3n) is 5.59. The van der Waals surface area contributed by atoms with Crippen LogP contribution in [0.15, 0.2) is 42.7 Å². The molecule has 29 heavy (non-hydrogen) atoms. The number of anilines is 3. The summed E-state index contributed by atoms with van der Waals surface area (Å²) in [5.74, 6) is 0.776. The summed E-state index contributed by atoms with van der Waals surface area (Å²) in [6.45, 7) is 8.55. The van der Waals surface area contributed by atoms with E-state index in [1.165, 1.54) is 5.69 Å². The SMILES string of the molecule is CC(C(=O)Nc1ccc(N2CCOCC2)cc1)N1CCN(c2ncccn2)CC1. The molecule has 1 aromatic heterocycles. The van der Waals surface area contributed by atoms with E-state index in [1.807, 2.05) is 25.1 Å². The van der Waals surface area contributed by atoms with Crippen LogP contribution in [-0.4, -0.2) is 79.3 Å². The predicted octanol–water partition coefficient (Wildman–Crippen LogP) is 1.46. The summed E-state index contributed by atoms with van der Waals surface area (Å²) in [7, 11) is 0. The Labute approximate surface area is 171 Å². The van der Waals surface area contributed by atoms with E-state index in [2.05, 4.69) is 42.1 Å². The van der Waals surface area contributed by atoms with E-state index in [1.54, 1.807) is 12.4 Å². The van der Waals surface area contributed by atoms with Crippen molar-refractivity contribution in [1.82, 2.24) is 14.9 Å². The molecule has 0 saturated carbocycles. The van der Waals surface area contributed by atoms with E-state index in [0.717, 1.165) is 64.1 Å². The van der Waals surface area contributed by atoms with Gasteiger partial charge in [0.25, 0.3) is 0 Å². The first-order valence-corrected chi connectivity index (χ1v) is 10.2. The Morgan fingerprint density at radius 1 is 0.966 bits per heavy atom. The number of morpholine rings is 1. The Morgan fingerprint density at radius 3 is 2.28 bits per heavy atom. The number of carbonyl (C=O) groups is 1. The van der Waals surface area contributed by atoms with Gasteiger partial charge < -0.3 is 19.9 Å². The van der Waals surface area contributed by atoms with Gasteiger partial charge in [-0.1, -0.05) is 0 Å². The standard InChI is InChI=1S/C21H28N6O2/c1-17(25-9-11-27(12-10-25)21-22-7-2-8-23-21)20(28)24-18-3-5-19(6-4-18)26-13-15-29-16-14-26/h2-8,17H,9-16H2,1H3,(H,24,28). The van der Waals surface area contributed by atoms with Crippen molar-refractivity contribution in [1.29, 1.82) is 0 Å². The van der Waals surface area contributed by atoms with Gasteiger partial charge in [0.05, 0.1) is 19.3 Å². The maximum Gasteiger partial charge on any atom is 0.241 e. The number of benzene rings is 1. The molecule has 1 amide bonds. The van der Waals surface area contributed by atoms with E-state index < -0.39 is 0 Å². The van der Waals surface area contributed by atoms with Gasteiger partial charge in [-0.25, -0.2) is 9.97 Å². The molecule has 154 valence electrons.